The molecule has 0 heterocycles. The third-order valence-corrected chi connectivity index (χ3v) is 3.21. The van der Waals surface area contributed by atoms with Crippen molar-refractivity contribution >= 4 is 10.8 Å². The SMILES string of the molecule is C[C@@H](NCC=CC#CCO)c1cccc2ccccc12. The summed E-state index contributed by atoms with van der Waals surface area (Å²) in [6.07, 6.45) is 3.73. The van der Waals surface area contributed by atoms with Crippen LogP contribution in [0.3, 0.4) is 0 Å². The molecule has 0 fully saturated rings. The molecule has 2 heteroatoms. The molecular weight excluding hydrogens is 246 g/mol. The highest BCUT2D eigenvalue weighted by Gasteiger charge is 2.07. The summed E-state index contributed by atoms with van der Waals surface area (Å²) in [6.45, 7) is 2.82. The van der Waals surface area contributed by atoms with E-state index in [9.17, 15) is 0 Å². The smallest absolute Gasteiger partial charge is 0.104 e. The van der Waals surface area contributed by atoms with E-state index < -0.39 is 0 Å². The predicted octanol–water partition coefficient (Wildman–Crippen LogP) is 3.04. The summed E-state index contributed by atoms with van der Waals surface area (Å²) in [4.78, 5) is 0. The van der Waals surface area contributed by atoms with Gasteiger partial charge in [-0.25, -0.2) is 0 Å². The Bertz CT molecular complexity index is 644. The number of allylic oxidation sites excluding steroid dienone is 1. The second-order valence-electron chi connectivity index (χ2n) is 4.58. The first-order valence-corrected chi connectivity index (χ1v) is 6.78. The number of aliphatic hydroxyl groups excluding tert-OH is 1. The minimum Gasteiger partial charge on any atom is -0.384 e. The molecule has 0 saturated carbocycles. The van der Waals surface area contributed by atoms with Crippen LogP contribution in [0.15, 0.2) is 54.6 Å². The first kappa shape index (κ1) is 14.3. The van der Waals surface area contributed by atoms with Gasteiger partial charge in [-0.1, -0.05) is 60.4 Å². The highest BCUT2D eigenvalue weighted by molar-refractivity contribution is 5.86. The second-order valence-corrected chi connectivity index (χ2v) is 4.58. The summed E-state index contributed by atoms with van der Waals surface area (Å²) < 4.78 is 0. The lowest BCUT2D eigenvalue weighted by Gasteiger charge is -2.15. The highest BCUT2D eigenvalue weighted by atomic mass is 16.2. The standard InChI is InChI=1S/C18H19NO/c1-15(19-13-6-2-3-7-14-20)17-12-8-10-16-9-4-5-11-18(16)17/h2,4-6,8-12,15,19-20H,13-14H2,1H3/t15-/m1/s1. The molecule has 0 saturated heterocycles. The van der Waals surface area contributed by atoms with E-state index in [1.165, 1.54) is 16.3 Å². The fraction of sp³-hybridized carbons (Fsp3) is 0.222. The monoisotopic (exact) mass is 265 g/mol. The molecule has 2 rings (SSSR count). The zero-order valence-electron chi connectivity index (χ0n) is 11.6. The van der Waals surface area contributed by atoms with E-state index >= 15 is 0 Å². The van der Waals surface area contributed by atoms with Gasteiger partial charge in [0, 0.05) is 12.6 Å². The van der Waals surface area contributed by atoms with Gasteiger partial charge in [-0.2, -0.15) is 0 Å². The van der Waals surface area contributed by atoms with Gasteiger partial charge in [-0.15, -0.1) is 0 Å². The van der Waals surface area contributed by atoms with E-state index in [0.717, 1.165) is 6.54 Å². The van der Waals surface area contributed by atoms with Crippen molar-refractivity contribution in [2.75, 3.05) is 13.2 Å². The summed E-state index contributed by atoms with van der Waals surface area (Å²) in [5.41, 5.74) is 1.30. The number of rotatable bonds is 4. The van der Waals surface area contributed by atoms with Crippen LogP contribution in [0, 0.1) is 11.8 Å². The quantitative estimate of drug-likeness (QED) is 0.833. The summed E-state index contributed by atoms with van der Waals surface area (Å²) in [7, 11) is 0. The third kappa shape index (κ3) is 3.71. The molecule has 20 heavy (non-hydrogen) atoms. The number of nitrogens with one attached hydrogen (secondary N) is 1. The fourth-order valence-corrected chi connectivity index (χ4v) is 2.21. The van der Waals surface area contributed by atoms with E-state index in [4.69, 9.17) is 5.11 Å². The largest absolute Gasteiger partial charge is 0.384 e. The molecule has 0 aliphatic heterocycles. The maximum Gasteiger partial charge on any atom is 0.104 e. The molecule has 2 aromatic rings. The fourth-order valence-electron chi connectivity index (χ4n) is 2.21. The van der Waals surface area contributed by atoms with Gasteiger partial charge in [0.1, 0.15) is 6.61 Å². The molecule has 102 valence electrons. The van der Waals surface area contributed by atoms with Crippen LogP contribution in [0.5, 0.6) is 0 Å². The van der Waals surface area contributed by atoms with Crippen LogP contribution in [0.25, 0.3) is 10.8 Å². The lowest BCUT2D eigenvalue weighted by molar-refractivity contribution is 0.350. The van der Waals surface area contributed by atoms with E-state index in [-0.39, 0.29) is 12.6 Å². The minimum atomic E-state index is -0.0931. The first-order valence-electron chi connectivity index (χ1n) is 6.78. The van der Waals surface area contributed by atoms with Crippen molar-refractivity contribution in [3.63, 3.8) is 0 Å². The van der Waals surface area contributed by atoms with Gasteiger partial charge in [0.25, 0.3) is 0 Å². The molecule has 0 amide bonds. The van der Waals surface area contributed by atoms with Gasteiger partial charge in [0.2, 0.25) is 0 Å². The number of fused-ring (bicyclic) bond motifs is 1. The molecule has 0 radical (unpaired) electrons. The first-order chi connectivity index (χ1) is 9.83. The Morgan fingerprint density at radius 1 is 1.20 bits per heavy atom. The summed E-state index contributed by atoms with van der Waals surface area (Å²) in [5.74, 6) is 5.34. The molecular formula is C18H19NO. The molecule has 0 aromatic heterocycles. The zero-order chi connectivity index (χ0) is 14.2. The lowest BCUT2D eigenvalue weighted by atomic mass is 10.00. The van der Waals surface area contributed by atoms with Crippen LogP contribution >= 0.6 is 0 Å². The number of aliphatic hydroxyl groups is 1. The molecule has 2 nitrogen and oxygen atoms in total. The van der Waals surface area contributed by atoms with Crippen molar-refractivity contribution in [3.05, 3.63) is 60.2 Å². The maximum atomic E-state index is 8.54. The number of hydrogen-bond acceptors (Lipinski definition) is 2. The van der Waals surface area contributed by atoms with Gasteiger partial charge < -0.3 is 10.4 Å². The molecule has 0 spiro atoms. The van der Waals surface area contributed by atoms with Gasteiger partial charge >= 0.3 is 0 Å². The van der Waals surface area contributed by atoms with Crippen LogP contribution in [-0.4, -0.2) is 18.3 Å². The topological polar surface area (TPSA) is 32.3 Å². The van der Waals surface area contributed by atoms with Crippen LogP contribution in [0.1, 0.15) is 18.5 Å². The van der Waals surface area contributed by atoms with Gasteiger partial charge in [0.05, 0.1) is 0 Å². The Labute approximate surface area is 120 Å². The Morgan fingerprint density at radius 2 is 2.00 bits per heavy atom. The van der Waals surface area contributed by atoms with Crippen molar-refractivity contribution in [1.82, 2.24) is 5.32 Å². The Balaban J connectivity index is 2.04. The van der Waals surface area contributed by atoms with Crippen molar-refractivity contribution in [3.8, 4) is 11.8 Å². The van der Waals surface area contributed by atoms with Gasteiger partial charge in [-0.3, -0.25) is 0 Å². The Morgan fingerprint density at radius 3 is 2.85 bits per heavy atom. The van der Waals surface area contributed by atoms with Gasteiger partial charge in [-0.05, 0) is 29.3 Å². The highest BCUT2D eigenvalue weighted by Crippen LogP contribution is 2.23. The molecule has 1 atom stereocenters. The van der Waals surface area contributed by atoms with E-state index in [1.54, 1.807) is 6.08 Å². The Kier molecular flexibility index (Phi) is 5.37. The van der Waals surface area contributed by atoms with Crippen LogP contribution in [0.2, 0.25) is 0 Å². The average Bonchev–Trinajstić information content (AvgIpc) is 2.50. The molecule has 0 aliphatic carbocycles. The van der Waals surface area contributed by atoms with Crippen LogP contribution in [-0.2, 0) is 0 Å². The molecule has 2 N–H and O–H groups in total. The van der Waals surface area contributed by atoms with E-state index in [1.807, 2.05) is 6.08 Å². The van der Waals surface area contributed by atoms with Crippen molar-refractivity contribution in [1.29, 1.82) is 0 Å². The zero-order valence-corrected chi connectivity index (χ0v) is 11.6. The van der Waals surface area contributed by atoms with Crippen molar-refractivity contribution in [2.24, 2.45) is 0 Å². The predicted molar refractivity (Wildman–Crippen MR) is 84.4 cm³/mol. The molecule has 2 aromatic carbocycles. The minimum absolute atomic E-state index is 0.0931. The summed E-state index contributed by atoms with van der Waals surface area (Å²) >= 11 is 0. The molecule has 0 aliphatic rings. The lowest BCUT2D eigenvalue weighted by Crippen LogP contribution is -2.18. The second kappa shape index (κ2) is 7.49. The molecule has 0 unspecified atom stereocenters. The summed E-state index contributed by atoms with van der Waals surface area (Å²) in [6, 6.07) is 15.1. The Hall–Kier alpha value is -2.08. The third-order valence-electron chi connectivity index (χ3n) is 3.21. The normalized spacial score (nSPS) is 12.3. The van der Waals surface area contributed by atoms with Crippen LogP contribution < -0.4 is 5.32 Å². The van der Waals surface area contributed by atoms with E-state index in [2.05, 4.69) is 66.5 Å². The number of hydrogen-bond donors (Lipinski definition) is 2. The maximum absolute atomic E-state index is 8.54. The van der Waals surface area contributed by atoms with Crippen molar-refractivity contribution in [2.45, 2.75) is 13.0 Å². The number of benzene rings is 2. The van der Waals surface area contributed by atoms with Crippen molar-refractivity contribution < 1.29 is 5.11 Å². The average molecular weight is 265 g/mol. The molecule has 0 bridgehead atoms. The van der Waals surface area contributed by atoms with Gasteiger partial charge in [0.15, 0.2) is 0 Å². The van der Waals surface area contributed by atoms with E-state index in [0.29, 0.717) is 0 Å². The van der Waals surface area contributed by atoms with Crippen LogP contribution in [0.4, 0.5) is 0 Å². The summed E-state index contributed by atoms with van der Waals surface area (Å²) in [5, 5.41) is 14.5.